The molecule has 0 aliphatic carbocycles. The van der Waals surface area contributed by atoms with Gasteiger partial charge in [0.1, 0.15) is 18.1 Å². The SMILES string of the molecule is C/C=C\C(=C/N(C)C(F)(F)F)Nc1nc(COC)nc2nc(-c3ncccc3C(F)(F)F)ccc12. The molecule has 0 fully saturated rings. The first-order chi connectivity index (χ1) is 16.4. The molecule has 35 heavy (non-hydrogen) atoms. The predicted molar refractivity (Wildman–Crippen MR) is 117 cm³/mol. The summed E-state index contributed by atoms with van der Waals surface area (Å²) >= 11 is 0. The fourth-order valence-corrected chi connectivity index (χ4v) is 3.03. The minimum absolute atomic E-state index is 0.00910. The number of rotatable bonds is 7. The molecule has 7 nitrogen and oxygen atoms in total. The molecule has 0 saturated heterocycles. The van der Waals surface area contributed by atoms with Crippen LogP contribution in [0.3, 0.4) is 0 Å². The number of ether oxygens (including phenoxy) is 1. The van der Waals surface area contributed by atoms with Crippen molar-refractivity contribution in [1.82, 2.24) is 24.8 Å². The van der Waals surface area contributed by atoms with Gasteiger partial charge in [0.25, 0.3) is 0 Å². The molecule has 0 aliphatic heterocycles. The van der Waals surface area contributed by atoms with Gasteiger partial charge in [-0.25, -0.2) is 15.0 Å². The number of alkyl halides is 6. The summed E-state index contributed by atoms with van der Waals surface area (Å²) in [5.74, 6) is 0.214. The molecular formula is C22H20F6N6O. The highest BCUT2D eigenvalue weighted by Gasteiger charge is 2.35. The Morgan fingerprint density at radius 2 is 1.83 bits per heavy atom. The summed E-state index contributed by atoms with van der Waals surface area (Å²) in [6.07, 6.45) is -4.30. The highest BCUT2D eigenvalue weighted by Crippen LogP contribution is 2.35. The van der Waals surface area contributed by atoms with Crippen LogP contribution in [-0.4, -0.2) is 45.3 Å². The molecule has 1 N–H and O–H groups in total. The number of allylic oxidation sites excluding steroid dienone is 2. The lowest BCUT2D eigenvalue weighted by Gasteiger charge is -2.19. The fraction of sp³-hybridized carbons (Fsp3) is 0.273. The molecule has 0 atom stereocenters. The van der Waals surface area contributed by atoms with E-state index in [0.29, 0.717) is 0 Å². The second-order valence-corrected chi connectivity index (χ2v) is 7.17. The first-order valence-electron chi connectivity index (χ1n) is 10.0. The van der Waals surface area contributed by atoms with Crippen LogP contribution in [0.25, 0.3) is 22.4 Å². The number of aromatic nitrogens is 4. The zero-order chi connectivity index (χ0) is 25.8. The Labute approximate surface area is 196 Å². The van der Waals surface area contributed by atoms with Crippen LogP contribution < -0.4 is 5.32 Å². The van der Waals surface area contributed by atoms with Crippen LogP contribution in [0.5, 0.6) is 0 Å². The van der Waals surface area contributed by atoms with E-state index in [1.165, 1.54) is 43.7 Å². The van der Waals surface area contributed by atoms with Gasteiger partial charge in [0, 0.05) is 26.6 Å². The van der Waals surface area contributed by atoms with Crippen LogP contribution >= 0.6 is 0 Å². The summed E-state index contributed by atoms with van der Waals surface area (Å²) in [4.78, 5) is 16.7. The number of hydrogen-bond acceptors (Lipinski definition) is 7. The first-order valence-corrected chi connectivity index (χ1v) is 10.0. The van der Waals surface area contributed by atoms with E-state index in [2.05, 4.69) is 25.3 Å². The van der Waals surface area contributed by atoms with Gasteiger partial charge in [-0.15, -0.1) is 0 Å². The highest BCUT2D eigenvalue weighted by molar-refractivity contribution is 5.89. The lowest BCUT2D eigenvalue weighted by atomic mass is 10.1. The maximum absolute atomic E-state index is 13.5. The van der Waals surface area contributed by atoms with Gasteiger partial charge in [0.2, 0.25) is 0 Å². The van der Waals surface area contributed by atoms with Crippen molar-refractivity contribution in [2.45, 2.75) is 26.0 Å². The number of halogens is 6. The maximum Gasteiger partial charge on any atom is 0.484 e. The van der Waals surface area contributed by atoms with E-state index < -0.39 is 18.0 Å². The Morgan fingerprint density at radius 1 is 1.09 bits per heavy atom. The van der Waals surface area contributed by atoms with E-state index in [4.69, 9.17) is 4.74 Å². The third-order valence-electron chi connectivity index (χ3n) is 4.58. The van der Waals surface area contributed by atoms with Crippen molar-refractivity contribution < 1.29 is 31.1 Å². The smallest absolute Gasteiger partial charge is 0.377 e. The van der Waals surface area contributed by atoms with E-state index in [1.807, 2.05) is 0 Å². The number of pyridine rings is 2. The van der Waals surface area contributed by atoms with Crippen LogP contribution in [0.1, 0.15) is 18.3 Å². The fourth-order valence-electron chi connectivity index (χ4n) is 3.03. The molecule has 3 heterocycles. The highest BCUT2D eigenvalue weighted by atomic mass is 19.4. The molecule has 186 valence electrons. The normalized spacial score (nSPS) is 13.0. The lowest BCUT2D eigenvalue weighted by molar-refractivity contribution is -0.219. The Kier molecular flexibility index (Phi) is 7.58. The van der Waals surface area contributed by atoms with Crippen molar-refractivity contribution in [2.24, 2.45) is 0 Å². The van der Waals surface area contributed by atoms with Crippen molar-refractivity contribution in [2.75, 3.05) is 19.5 Å². The number of fused-ring (bicyclic) bond motifs is 1. The van der Waals surface area contributed by atoms with Crippen molar-refractivity contribution in [3.63, 3.8) is 0 Å². The monoisotopic (exact) mass is 498 g/mol. The number of anilines is 1. The van der Waals surface area contributed by atoms with Gasteiger partial charge in [-0.05, 0) is 37.3 Å². The van der Waals surface area contributed by atoms with Gasteiger partial charge in [0.05, 0.1) is 22.3 Å². The van der Waals surface area contributed by atoms with Crippen LogP contribution in [0.15, 0.2) is 54.5 Å². The summed E-state index contributed by atoms with van der Waals surface area (Å²) in [5, 5.41) is 3.08. The van der Waals surface area contributed by atoms with E-state index in [1.54, 1.807) is 6.92 Å². The first kappa shape index (κ1) is 25.9. The van der Waals surface area contributed by atoms with Gasteiger partial charge in [-0.1, -0.05) is 6.08 Å². The molecule has 0 unspecified atom stereocenters. The number of methoxy groups -OCH3 is 1. The quantitative estimate of drug-likeness (QED) is 0.261. The Morgan fingerprint density at radius 3 is 2.46 bits per heavy atom. The predicted octanol–water partition coefficient (Wildman–Crippen LogP) is 5.53. The molecule has 0 radical (unpaired) electrons. The largest absolute Gasteiger partial charge is 0.484 e. The molecular weight excluding hydrogens is 478 g/mol. The molecule has 0 amide bonds. The van der Waals surface area contributed by atoms with Gasteiger partial charge in [-0.3, -0.25) is 9.88 Å². The molecule has 0 aromatic carbocycles. The Balaban J connectivity index is 2.15. The molecule has 0 saturated carbocycles. The molecule has 0 spiro atoms. The maximum atomic E-state index is 13.5. The molecule has 0 bridgehead atoms. The summed E-state index contributed by atoms with van der Waals surface area (Å²) in [6, 6.07) is 4.79. The van der Waals surface area contributed by atoms with Crippen LogP contribution in [0.4, 0.5) is 32.2 Å². The summed E-state index contributed by atoms with van der Waals surface area (Å²) in [5.41, 5.74) is -1.38. The number of hydrogen-bond donors (Lipinski definition) is 1. The van der Waals surface area contributed by atoms with Crippen LogP contribution in [0.2, 0.25) is 0 Å². The third kappa shape index (κ3) is 6.23. The molecule has 3 rings (SSSR count). The molecule has 3 aromatic heterocycles. The number of nitrogens with one attached hydrogen (secondary N) is 1. The summed E-state index contributed by atoms with van der Waals surface area (Å²) in [7, 11) is 2.23. The Hall–Kier alpha value is -3.74. The van der Waals surface area contributed by atoms with Gasteiger partial charge >= 0.3 is 12.5 Å². The molecule has 3 aromatic rings. The second kappa shape index (κ2) is 10.3. The van der Waals surface area contributed by atoms with Crippen LogP contribution in [0, 0.1) is 0 Å². The lowest BCUT2D eigenvalue weighted by Crippen LogP contribution is -2.30. The molecule has 13 heteroatoms. The van der Waals surface area contributed by atoms with Crippen molar-refractivity contribution >= 4 is 16.9 Å². The van der Waals surface area contributed by atoms with Gasteiger partial charge in [-0.2, -0.15) is 26.3 Å². The van der Waals surface area contributed by atoms with Crippen molar-refractivity contribution in [3.05, 3.63) is 65.9 Å². The third-order valence-corrected chi connectivity index (χ3v) is 4.58. The van der Waals surface area contributed by atoms with E-state index in [-0.39, 0.29) is 51.3 Å². The summed E-state index contributed by atoms with van der Waals surface area (Å²) < 4.78 is 84.5. The average molecular weight is 498 g/mol. The van der Waals surface area contributed by atoms with Gasteiger partial charge < -0.3 is 10.1 Å². The van der Waals surface area contributed by atoms with Crippen molar-refractivity contribution in [1.29, 1.82) is 0 Å². The summed E-state index contributed by atoms with van der Waals surface area (Å²) in [6.45, 7) is 1.55. The minimum atomic E-state index is -4.66. The zero-order valence-corrected chi connectivity index (χ0v) is 18.7. The van der Waals surface area contributed by atoms with Crippen molar-refractivity contribution in [3.8, 4) is 11.4 Å². The van der Waals surface area contributed by atoms with Crippen LogP contribution in [-0.2, 0) is 17.5 Å². The Bertz CT molecular complexity index is 1260. The average Bonchev–Trinajstić information content (AvgIpc) is 2.78. The van der Waals surface area contributed by atoms with Gasteiger partial charge in [0.15, 0.2) is 11.5 Å². The van der Waals surface area contributed by atoms with E-state index in [0.717, 1.165) is 19.3 Å². The van der Waals surface area contributed by atoms with E-state index in [9.17, 15) is 26.3 Å². The molecule has 0 aliphatic rings. The van der Waals surface area contributed by atoms with E-state index >= 15 is 0 Å². The zero-order valence-electron chi connectivity index (χ0n) is 18.7. The number of nitrogens with zero attached hydrogens (tertiary/aromatic N) is 5. The minimum Gasteiger partial charge on any atom is -0.377 e. The standard InChI is InChI=1S/C22H20F6N6O/c1-4-6-13(11-34(2)22(26,27)28)30-19-14-8-9-16(31-20(14)33-17(32-19)12-35-3)18-15(21(23,24)25)7-5-10-29-18/h4-11H,12H2,1-3H3,(H,30,31,32,33)/b6-4-,13-11+. The second-order valence-electron chi connectivity index (χ2n) is 7.17. The topological polar surface area (TPSA) is 76.1 Å².